The summed E-state index contributed by atoms with van der Waals surface area (Å²) in [6.07, 6.45) is 2.42. The maximum atomic E-state index is 13.4. The van der Waals surface area contributed by atoms with Crippen molar-refractivity contribution in [1.82, 2.24) is 10.2 Å². The van der Waals surface area contributed by atoms with Crippen LogP contribution in [-0.2, 0) is 6.54 Å². The Balaban J connectivity index is 2.01. The summed E-state index contributed by atoms with van der Waals surface area (Å²) >= 11 is 6.01. The fourth-order valence-corrected chi connectivity index (χ4v) is 2.72. The SMILES string of the molecule is CCNCC1CCCN1Cc1cccc(F)c1Cl. The van der Waals surface area contributed by atoms with Gasteiger partial charge in [-0.2, -0.15) is 0 Å². The molecule has 1 aliphatic heterocycles. The van der Waals surface area contributed by atoms with Gasteiger partial charge in [0.25, 0.3) is 0 Å². The van der Waals surface area contributed by atoms with Crippen molar-refractivity contribution in [3.05, 3.63) is 34.6 Å². The Morgan fingerprint density at radius 1 is 1.50 bits per heavy atom. The average molecular weight is 271 g/mol. The van der Waals surface area contributed by atoms with Crippen LogP contribution in [0.3, 0.4) is 0 Å². The van der Waals surface area contributed by atoms with Gasteiger partial charge >= 0.3 is 0 Å². The molecule has 4 heteroatoms. The van der Waals surface area contributed by atoms with Gasteiger partial charge in [-0.15, -0.1) is 0 Å². The number of likely N-dealkylation sites (tertiary alicyclic amines) is 1. The minimum absolute atomic E-state index is 0.270. The molecule has 1 saturated heterocycles. The van der Waals surface area contributed by atoms with Crippen LogP contribution in [0.1, 0.15) is 25.3 Å². The van der Waals surface area contributed by atoms with Crippen LogP contribution >= 0.6 is 11.6 Å². The minimum Gasteiger partial charge on any atom is -0.315 e. The van der Waals surface area contributed by atoms with E-state index >= 15 is 0 Å². The van der Waals surface area contributed by atoms with Crippen LogP contribution in [0.15, 0.2) is 18.2 Å². The summed E-state index contributed by atoms with van der Waals surface area (Å²) in [6, 6.07) is 5.59. The van der Waals surface area contributed by atoms with Gasteiger partial charge in [0, 0.05) is 19.1 Å². The van der Waals surface area contributed by atoms with Crippen LogP contribution in [0.4, 0.5) is 4.39 Å². The van der Waals surface area contributed by atoms with Gasteiger partial charge in [0.05, 0.1) is 5.02 Å². The molecule has 0 spiro atoms. The first-order valence-electron chi connectivity index (χ1n) is 6.60. The molecule has 0 aromatic heterocycles. The van der Waals surface area contributed by atoms with Crippen LogP contribution in [0, 0.1) is 5.82 Å². The number of nitrogens with zero attached hydrogens (tertiary/aromatic N) is 1. The Bertz CT molecular complexity index is 397. The molecule has 2 nitrogen and oxygen atoms in total. The van der Waals surface area contributed by atoms with Crippen molar-refractivity contribution in [3.8, 4) is 0 Å². The van der Waals surface area contributed by atoms with Crippen LogP contribution in [0.2, 0.25) is 5.02 Å². The van der Waals surface area contributed by atoms with E-state index in [1.165, 1.54) is 18.9 Å². The third-order valence-electron chi connectivity index (χ3n) is 3.53. The molecule has 1 aromatic rings. The summed E-state index contributed by atoms with van der Waals surface area (Å²) < 4.78 is 13.4. The average Bonchev–Trinajstić information content (AvgIpc) is 2.80. The van der Waals surface area contributed by atoms with E-state index in [1.807, 2.05) is 6.07 Å². The van der Waals surface area contributed by atoms with Crippen molar-refractivity contribution >= 4 is 11.6 Å². The molecule has 0 aliphatic carbocycles. The van der Waals surface area contributed by atoms with Crippen LogP contribution in [-0.4, -0.2) is 30.6 Å². The molecule has 0 saturated carbocycles. The van der Waals surface area contributed by atoms with E-state index in [0.29, 0.717) is 6.04 Å². The molecule has 100 valence electrons. The predicted molar refractivity (Wildman–Crippen MR) is 73.4 cm³/mol. The molecular formula is C14H20ClFN2. The van der Waals surface area contributed by atoms with E-state index in [0.717, 1.165) is 31.7 Å². The number of rotatable bonds is 5. The lowest BCUT2D eigenvalue weighted by atomic mass is 10.1. The summed E-state index contributed by atoms with van der Waals surface area (Å²) in [5.74, 6) is -0.323. The van der Waals surface area contributed by atoms with Gasteiger partial charge < -0.3 is 5.32 Å². The second-order valence-corrected chi connectivity index (χ2v) is 5.17. The topological polar surface area (TPSA) is 15.3 Å². The number of nitrogens with one attached hydrogen (secondary N) is 1. The third-order valence-corrected chi connectivity index (χ3v) is 3.96. The highest BCUT2D eigenvalue weighted by atomic mass is 35.5. The van der Waals surface area contributed by atoms with E-state index in [-0.39, 0.29) is 10.8 Å². The van der Waals surface area contributed by atoms with Crippen molar-refractivity contribution in [1.29, 1.82) is 0 Å². The Hall–Kier alpha value is -0.640. The van der Waals surface area contributed by atoms with Gasteiger partial charge in [-0.3, -0.25) is 4.90 Å². The Morgan fingerprint density at radius 2 is 2.33 bits per heavy atom. The largest absolute Gasteiger partial charge is 0.315 e. The summed E-state index contributed by atoms with van der Waals surface area (Å²) in [6.45, 7) is 5.92. The number of likely N-dealkylation sites (N-methyl/N-ethyl adjacent to an activating group) is 1. The maximum absolute atomic E-state index is 13.4. The summed E-state index contributed by atoms with van der Waals surface area (Å²) in [5.41, 5.74) is 0.889. The molecule has 0 radical (unpaired) electrons. The van der Waals surface area contributed by atoms with Gasteiger partial charge in [-0.1, -0.05) is 30.7 Å². The first kappa shape index (κ1) is 13.8. The molecule has 0 amide bonds. The van der Waals surface area contributed by atoms with Crippen molar-refractivity contribution in [2.24, 2.45) is 0 Å². The van der Waals surface area contributed by atoms with E-state index in [4.69, 9.17) is 11.6 Å². The molecule has 1 unspecified atom stereocenters. The Morgan fingerprint density at radius 3 is 3.11 bits per heavy atom. The minimum atomic E-state index is -0.323. The highest BCUT2D eigenvalue weighted by Gasteiger charge is 2.24. The van der Waals surface area contributed by atoms with E-state index in [1.54, 1.807) is 6.07 Å². The quantitative estimate of drug-likeness (QED) is 0.885. The molecule has 18 heavy (non-hydrogen) atoms. The molecular weight excluding hydrogens is 251 g/mol. The lowest BCUT2D eigenvalue weighted by Crippen LogP contribution is -2.37. The van der Waals surface area contributed by atoms with Gasteiger partial charge in [0.15, 0.2) is 0 Å². The molecule has 1 aliphatic rings. The number of hydrogen-bond acceptors (Lipinski definition) is 2. The normalized spacial score (nSPS) is 20.5. The fourth-order valence-electron chi connectivity index (χ4n) is 2.53. The van der Waals surface area contributed by atoms with E-state index < -0.39 is 0 Å². The molecule has 1 N–H and O–H groups in total. The molecule has 1 heterocycles. The van der Waals surface area contributed by atoms with Gasteiger partial charge in [0.1, 0.15) is 5.82 Å². The zero-order chi connectivity index (χ0) is 13.0. The lowest BCUT2D eigenvalue weighted by Gasteiger charge is -2.25. The van der Waals surface area contributed by atoms with Crippen molar-refractivity contribution in [3.63, 3.8) is 0 Å². The molecule has 0 bridgehead atoms. The van der Waals surface area contributed by atoms with Gasteiger partial charge in [0.2, 0.25) is 0 Å². The Labute approximate surface area is 113 Å². The van der Waals surface area contributed by atoms with Crippen molar-refractivity contribution in [2.45, 2.75) is 32.4 Å². The molecule has 1 fully saturated rings. The monoisotopic (exact) mass is 270 g/mol. The van der Waals surface area contributed by atoms with Crippen LogP contribution in [0.5, 0.6) is 0 Å². The zero-order valence-electron chi connectivity index (χ0n) is 10.8. The smallest absolute Gasteiger partial charge is 0.142 e. The predicted octanol–water partition coefficient (Wildman–Crippen LogP) is 3.05. The van der Waals surface area contributed by atoms with Crippen molar-refractivity contribution in [2.75, 3.05) is 19.6 Å². The third kappa shape index (κ3) is 3.22. The first-order chi connectivity index (χ1) is 8.72. The fraction of sp³-hybridized carbons (Fsp3) is 0.571. The molecule has 1 atom stereocenters. The molecule has 1 aromatic carbocycles. The van der Waals surface area contributed by atoms with Crippen LogP contribution < -0.4 is 5.32 Å². The second-order valence-electron chi connectivity index (χ2n) is 4.79. The second kappa shape index (κ2) is 6.50. The van der Waals surface area contributed by atoms with Gasteiger partial charge in [-0.25, -0.2) is 4.39 Å². The first-order valence-corrected chi connectivity index (χ1v) is 6.97. The summed E-state index contributed by atoms with van der Waals surface area (Å²) in [4.78, 5) is 2.39. The van der Waals surface area contributed by atoms with Crippen LogP contribution in [0.25, 0.3) is 0 Å². The van der Waals surface area contributed by atoms with Gasteiger partial charge in [-0.05, 0) is 37.6 Å². The van der Waals surface area contributed by atoms with E-state index in [2.05, 4.69) is 17.1 Å². The Kier molecular flexibility index (Phi) is 4.98. The summed E-state index contributed by atoms with van der Waals surface area (Å²) in [5, 5.41) is 3.65. The highest BCUT2D eigenvalue weighted by molar-refractivity contribution is 6.31. The standard InChI is InChI=1S/C14H20ClFN2/c1-2-17-9-12-6-4-8-18(12)10-11-5-3-7-13(16)14(11)15/h3,5,7,12,17H,2,4,6,8-10H2,1H3. The number of benzene rings is 1. The highest BCUT2D eigenvalue weighted by Crippen LogP contribution is 2.25. The number of hydrogen-bond donors (Lipinski definition) is 1. The maximum Gasteiger partial charge on any atom is 0.142 e. The molecule has 2 rings (SSSR count). The van der Waals surface area contributed by atoms with E-state index in [9.17, 15) is 4.39 Å². The van der Waals surface area contributed by atoms with Crippen molar-refractivity contribution < 1.29 is 4.39 Å². The number of halogens is 2. The zero-order valence-corrected chi connectivity index (χ0v) is 11.5. The lowest BCUT2D eigenvalue weighted by molar-refractivity contribution is 0.240. The summed E-state index contributed by atoms with van der Waals surface area (Å²) in [7, 11) is 0.